The first-order valence-corrected chi connectivity index (χ1v) is 14.6. The predicted octanol–water partition coefficient (Wildman–Crippen LogP) is 5.81. The minimum absolute atomic E-state index is 0.217. The zero-order valence-electron chi connectivity index (χ0n) is 24.5. The van der Waals surface area contributed by atoms with Crippen LogP contribution in [0.5, 0.6) is 0 Å². The number of nitrogens with one attached hydrogen (secondary N) is 1. The average Bonchev–Trinajstić information content (AvgIpc) is 3.20. The van der Waals surface area contributed by atoms with Crippen molar-refractivity contribution >= 4 is 29.2 Å². The van der Waals surface area contributed by atoms with Gasteiger partial charge in [0.25, 0.3) is 5.91 Å². The number of carbonyl (C=O) groups is 1. The first kappa shape index (κ1) is 29.7. The molecule has 5 N–H and O–H groups in total. The monoisotopic (exact) mass is 574 g/mol. The van der Waals surface area contributed by atoms with Gasteiger partial charge < -0.3 is 16.8 Å². The lowest BCUT2D eigenvalue weighted by Crippen LogP contribution is -2.34. The van der Waals surface area contributed by atoms with E-state index in [0.717, 1.165) is 59.4 Å². The zero-order valence-corrected chi connectivity index (χ0v) is 24.5. The van der Waals surface area contributed by atoms with Crippen LogP contribution in [0.4, 0.5) is 11.4 Å². The number of nitrogens with two attached hydrogens (primary N) is 2. The molecule has 1 aliphatic rings. The Bertz CT molecular complexity index is 1600. The smallest absolute Gasteiger partial charge is 0.273 e. The van der Waals surface area contributed by atoms with Crippen LogP contribution in [-0.4, -0.2) is 34.9 Å². The molecule has 220 valence electrons. The molecule has 0 spiro atoms. The molecule has 0 radical (unpaired) electrons. The Kier molecular flexibility index (Phi) is 9.94. The topological polar surface area (TPSA) is 119 Å². The zero-order chi connectivity index (χ0) is 30.0. The Hall–Kier alpha value is -4.79. The van der Waals surface area contributed by atoms with Crippen LogP contribution in [0.2, 0.25) is 0 Å². The summed E-state index contributed by atoms with van der Waals surface area (Å²) in [6, 6.07) is 26.0. The Balaban J connectivity index is 1.28. The number of hydrogen-bond acceptors (Lipinski definition) is 7. The Morgan fingerprint density at radius 3 is 2.53 bits per heavy atom. The second-order valence-electron chi connectivity index (χ2n) is 10.6. The van der Waals surface area contributed by atoms with E-state index < -0.39 is 0 Å². The molecular weight excluding hydrogens is 536 g/mol. The quantitative estimate of drug-likeness (QED) is 0.112. The molecule has 0 aliphatic carbocycles. The summed E-state index contributed by atoms with van der Waals surface area (Å²) in [4.78, 5) is 28.7. The maximum absolute atomic E-state index is 13.6. The molecule has 43 heavy (non-hydrogen) atoms. The highest BCUT2D eigenvalue weighted by Crippen LogP contribution is 2.32. The third kappa shape index (κ3) is 8.16. The van der Waals surface area contributed by atoms with E-state index in [-0.39, 0.29) is 18.9 Å². The van der Waals surface area contributed by atoms with Gasteiger partial charge in [0.05, 0.1) is 5.69 Å². The lowest BCUT2D eigenvalue weighted by atomic mass is 10.0. The molecule has 1 aromatic heterocycles. The number of fused-ring (bicyclic) bond motifs is 1. The van der Waals surface area contributed by atoms with Crippen LogP contribution in [0.3, 0.4) is 0 Å². The Morgan fingerprint density at radius 1 is 0.930 bits per heavy atom. The molecular formula is C35H38N6O2. The van der Waals surface area contributed by atoms with Gasteiger partial charge in [-0.15, -0.1) is 0 Å². The molecule has 1 aliphatic heterocycles. The number of carbonyl (C=O) groups excluding carboxylic acids is 1. The summed E-state index contributed by atoms with van der Waals surface area (Å²) in [6.45, 7) is 4.41. The van der Waals surface area contributed by atoms with Gasteiger partial charge >= 0.3 is 0 Å². The number of benzene rings is 3. The normalized spacial score (nSPS) is 12.6. The van der Waals surface area contributed by atoms with E-state index in [1.165, 1.54) is 10.6 Å². The maximum Gasteiger partial charge on any atom is 0.273 e. The van der Waals surface area contributed by atoms with E-state index in [1.54, 1.807) is 0 Å². The van der Waals surface area contributed by atoms with Crippen LogP contribution >= 0.6 is 0 Å². The van der Waals surface area contributed by atoms with E-state index in [4.69, 9.17) is 16.3 Å². The van der Waals surface area contributed by atoms with Crippen molar-refractivity contribution in [1.29, 1.82) is 0 Å². The van der Waals surface area contributed by atoms with Crippen molar-refractivity contribution in [3.63, 3.8) is 0 Å². The number of hydroxylamine groups is 2. The highest BCUT2D eigenvalue weighted by Gasteiger charge is 2.22. The van der Waals surface area contributed by atoms with Gasteiger partial charge in [-0.25, -0.2) is 10.1 Å². The largest absolute Gasteiger partial charge is 0.399 e. The summed E-state index contributed by atoms with van der Waals surface area (Å²) in [5.74, 6) is 0.159. The van der Waals surface area contributed by atoms with Crippen molar-refractivity contribution in [2.75, 3.05) is 18.8 Å². The molecule has 0 saturated carbocycles. The van der Waals surface area contributed by atoms with Crippen LogP contribution in [0, 0.1) is 0 Å². The number of rotatable bonds is 12. The number of aromatic nitrogens is 1. The van der Waals surface area contributed by atoms with Gasteiger partial charge in [0, 0.05) is 54.3 Å². The Labute approximate surface area is 253 Å². The first-order chi connectivity index (χ1) is 21.0. The van der Waals surface area contributed by atoms with Gasteiger partial charge in [0.1, 0.15) is 12.4 Å². The molecule has 4 aromatic rings. The number of anilines is 1. The van der Waals surface area contributed by atoms with Crippen LogP contribution in [-0.2, 0) is 29.2 Å². The highest BCUT2D eigenvalue weighted by molar-refractivity contribution is 6.05. The van der Waals surface area contributed by atoms with Crippen LogP contribution < -0.4 is 16.8 Å². The number of pyridine rings is 1. The lowest BCUT2D eigenvalue weighted by Gasteiger charge is -2.22. The summed E-state index contributed by atoms with van der Waals surface area (Å²) in [5, 5.41) is 4.92. The van der Waals surface area contributed by atoms with Crippen molar-refractivity contribution in [3.8, 4) is 11.1 Å². The summed E-state index contributed by atoms with van der Waals surface area (Å²) in [7, 11) is 0. The van der Waals surface area contributed by atoms with Gasteiger partial charge in [-0.3, -0.25) is 14.6 Å². The van der Waals surface area contributed by atoms with Gasteiger partial charge in [-0.1, -0.05) is 61.5 Å². The number of aliphatic imine (C=N–C) groups is 1. The van der Waals surface area contributed by atoms with Gasteiger partial charge in [0.15, 0.2) is 0 Å². The van der Waals surface area contributed by atoms with E-state index in [0.29, 0.717) is 23.6 Å². The van der Waals surface area contributed by atoms with Gasteiger partial charge in [-0.05, 0) is 72.0 Å². The minimum atomic E-state index is -0.217. The molecule has 0 unspecified atom stereocenters. The third-order valence-electron chi connectivity index (χ3n) is 7.18. The average molecular weight is 575 g/mol. The molecule has 3 aromatic carbocycles. The number of hydrogen-bond donors (Lipinski definition) is 3. The van der Waals surface area contributed by atoms with Crippen molar-refractivity contribution in [2.45, 2.75) is 39.3 Å². The molecule has 8 nitrogen and oxygen atoms in total. The molecule has 0 saturated heterocycles. The molecule has 0 atom stereocenters. The number of nitrogen functional groups attached to an aromatic ring is 1. The molecule has 1 amide bonds. The summed E-state index contributed by atoms with van der Waals surface area (Å²) in [5.41, 5.74) is 20.2. The fraction of sp³-hybridized carbons (Fsp3) is 0.229. The van der Waals surface area contributed by atoms with E-state index in [2.05, 4.69) is 45.6 Å². The van der Waals surface area contributed by atoms with Crippen LogP contribution in [0.1, 0.15) is 42.0 Å². The number of nitrogens with zero attached hydrogens (tertiary/aromatic N) is 3. The van der Waals surface area contributed by atoms with E-state index in [9.17, 15) is 4.79 Å². The van der Waals surface area contributed by atoms with E-state index in [1.807, 2.05) is 73.9 Å². The highest BCUT2D eigenvalue weighted by atomic mass is 16.7. The fourth-order valence-corrected chi connectivity index (χ4v) is 4.91. The minimum Gasteiger partial charge on any atom is -0.399 e. The van der Waals surface area contributed by atoms with E-state index >= 15 is 0 Å². The third-order valence-corrected chi connectivity index (χ3v) is 7.18. The molecule has 0 fully saturated rings. The predicted molar refractivity (Wildman–Crippen MR) is 173 cm³/mol. The summed E-state index contributed by atoms with van der Waals surface area (Å²) in [6.07, 6.45) is 7.49. The van der Waals surface area contributed by atoms with Crippen LogP contribution in [0.25, 0.3) is 17.2 Å². The lowest BCUT2D eigenvalue weighted by molar-refractivity contribution is -0.187. The number of amides is 1. The summed E-state index contributed by atoms with van der Waals surface area (Å²) < 4.78 is 0. The first-order valence-electron chi connectivity index (χ1n) is 14.6. The second kappa shape index (κ2) is 14.4. The summed E-state index contributed by atoms with van der Waals surface area (Å²) >= 11 is 0. The second-order valence-corrected chi connectivity index (χ2v) is 10.6. The standard InChI is InChI=1S/C35H38N6O2/c1-2-16-41(43-24-26-8-12-32(36)13-9-26)35(42)30-18-29-11-10-28(19-33(29)40-34(37)20-30)31-17-27(22-39-23-31)14-15-38-21-25-6-4-3-5-7-25/h3-13,17-19,22-23,38H,2,14-16,20-21,24,36H2,1H3,(H2,37,40). The van der Waals surface area contributed by atoms with Gasteiger partial charge in [0.2, 0.25) is 0 Å². The molecule has 5 rings (SSSR count). The molecule has 0 bridgehead atoms. The van der Waals surface area contributed by atoms with Crippen molar-refractivity contribution in [1.82, 2.24) is 15.4 Å². The Morgan fingerprint density at radius 2 is 1.74 bits per heavy atom. The number of amidine groups is 1. The van der Waals surface area contributed by atoms with Crippen molar-refractivity contribution in [3.05, 3.63) is 119 Å². The van der Waals surface area contributed by atoms with Crippen molar-refractivity contribution in [2.24, 2.45) is 10.7 Å². The van der Waals surface area contributed by atoms with Crippen LogP contribution in [0.15, 0.2) is 102 Å². The fourth-order valence-electron chi connectivity index (χ4n) is 4.91. The molecule has 8 heteroatoms. The van der Waals surface area contributed by atoms with Gasteiger partial charge in [-0.2, -0.15) is 0 Å². The molecule has 2 heterocycles. The maximum atomic E-state index is 13.6. The SMILES string of the molecule is CCCN(OCc1ccc(N)cc1)C(=O)C1=Cc2ccc(-c3cncc(CCNCc4ccccc4)c3)cc2N=C(N)C1. The van der Waals surface area contributed by atoms with Crippen molar-refractivity contribution < 1.29 is 9.63 Å².